The van der Waals surface area contributed by atoms with Crippen LogP contribution in [0.3, 0.4) is 0 Å². The first-order chi connectivity index (χ1) is 8.74. The number of piperidine rings is 1. The Balaban J connectivity index is 0.00000180. The lowest BCUT2D eigenvalue weighted by Gasteiger charge is -2.33. The third-order valence-electron chi connectivity index (χ3n) is 3.88. The normalized spacial score (nSPS) is 31.1. The Morgan fingerprint density at radius 1 is 1.42 bits per heavy atom. The lowest BCUT2D eigenvalue weighted by atomic mass is 9.98. The van der Waals surface area contributed by atoms with Crippen molar-refractivity contribution in [1.82, 2.24) is 4.90 Å². The van der Waals surface area contributed by atoms with Crippen molar-refractivity contribution in [1.29, 1.82) is 0 Å². The average Bonchev–Trinajstić information content (AvgIpc) is 2.87. The summed E-state index contributed by atoms with van der Waals surface area (Å²) in [5.41, 5.74) is 5.57. The van der Waals surface area contributed by atoms with Crippen molar-refractivity contribution in [2.45, 2.75) is 37.9 Å². The van der Waals surface area contributed by atoms with Gasteiger partial charge >= 0.3 is 0 Å². The zero-order valence-electron chi connectivity index (χ0n) is 11.5. The molecule has 2 heterocycles. The molecule has 0 aromatic carbocycles. The number of carbonyl (C=O) groups is 1. The third-order valence-corrected chi connectivity index (χ3v) is 3.88. The highest BCUT2D eigenvalue weighted by Gasteiger charge is 2.34. The zero-order valence-corrected chi connectivity index (χ0v) is 12.4. The highest BCUT2D eigenvalue weighted by Crippen LogP contribution is 2.24. The van der Waals surface area contributed by atoms with Gasteiger partial charge in [-0.2, -0.15) is 0 Å². The highest BCUT2D eigenvalue weighted by atomic mass is 35.5. The maximum Gasteiger partial charge on any atom is 0.251 e. The minimum Gasteiger partial charge on any atom is -0.384 e. The summed E-state index contributed by atoms with van der Waals surface area (Å²) in [4.78, 5) is 14.3. The fourth-order valence-electron chi connectivity index (χ4n) is 2.90. The van der Waals surface area contributed by atoms with Gasteiger partial charge in [0.1, 0.15) is 6.10 Å². The summed E-state index contributed by atoms with van der Waals surface area (Å²) >= 11 is 0. The summed E-state index contributed by atoms with van der Waals surface area (Å²) in [5, 5.41) is 0. The Kier molecular flexibility index (Phi) is 7.07. The molecule has 2 fully saturated rings. The van der Waals surface area contributed by atoms with Gasteiger partial charge in [-0.15, -0.1) is 12.4 Å². The van der Waals surface area contributed by atoms with Crippen LogP contribution in [-0.4, -0.2) is 56.4 Å². The fraction of sp³-hybridized carbons (Fsp3) is 0.923. The molecule has 0 spiro atoms. The quantitative estimate of drug-likeness (QED) is 0.832. The van der Waals surface area contributed by atoms with E-state index in [0.29, 0.717) is 12.5 Å². The molecular formula is C13H25ClN2O3. The van der Waals surface area contributed by atoms with Gasteiger partial charge in [0.25, 0.3) is 5.91 Å². The highest BCUT2D eigenvalue weighted by molar-refractivity contribution is 5.85. The Labute approximate surface area is 121 Å². The van der Waals surface area contributed by atoms with Crippen molar-refractivity contribution in [2.24, 2.45) is 11.7 Å². The molecule has 2 N–H and O–H groups in total. The van der Waals surface area contributed by atoms with Crippen molar-refractivity contribution in [3.63, 3.8) is 0 Å². The third kappa shape index (κ3) is 4.31. The molecule has 2 aliphatic rings. The van der Waals surface area contributed by atoms with Crippen LogP contribution in [0.25, 0.3) is 0 Å². The molecule has 0 radical (unpaired) electrons. The Morgan fingerprint density at radius 3 is 2.84 bits per heavy atom. The number of rotatable bonds is 4. The second kappa shape index (κ2) is 8.04. The summed E-state index contributed by atoms with van der Waals surface area (Å²) in [6, 6.07) is 0. The van der Waals surface area contributed by atoms with Gasteiger partial charge in [0.2, 0.25) is 0 Å². The molecule has 5 nitrogen and oxygen atoms in total. The van der Waals surface area contributed by atoms with Gasteiger partial charge in [-0.3, -0.25) is 4.79 Å². The Morgan fingerprint density at radius 2 is 2.21 bits per heavy atom. The second-order valence-electron chi connectivity index (χ2n) is 5.31. The van der Waals surface area contributed by atoms with Crippen LogP contribution in [0.5, 0.6) is 0 Å². The van der Waals surface area contributed by atoms with Gasteiger partial charge in [-0.25, -0.2) is 0 Å². The lowest BCUT2D eigenvalue weighted by molar-refractivity contribution is -0.145. The number of likely N-dealkylation sites (tertiary alicyclic amines) is 1. The van der Waals surface area contributed by atoms with E-state index in [9.17, 15) is 4.79 Å². The fourth-order valence-corrected chi connectivity index (χ4v) is 2.90. The first-order valence-electron chi connectivity index (χ1n) is 6.87. The van der Waals surface area contributed by atoms with E-state index >= 15 is 0 Å². The molecule has 19 heavy (non-hydrogen) atoms. The first-order valence-corrected chi connectivity index (χ1v) is 6.87. The van der Waals surface area contributed by atoms with E-state index in [2.05, 4.69) is 0 Å². The van der Waals surface area contributed by atoms with Crippen LogP contribution in [0.1, 0.15) is 25.7 Å². The summed E-state index contributed by atoms with van der Waals surface area (Å²) in [7, 11) is 1.71. The molecule has 0 aromatic rings. The molecule has 0 aliphatic carbocycles. The predicted octanol–water partition coefficient (Wildman–Crippen LogP) is 0.800. The molecule has 6 heteroatoms. The molecule has 0 saturated carbocycles. The number of ether oxygens (including phenoxy) is 2. The Hall–Kier alpha value is -0.360. The number of hydrogen-bond acceptors (Lipinski definition) is 4. The van der Waals surface area contributed by atoms with Gasteiger partial charge in [-0.1, -0.05) is 0 Å². The summed E-state index contributed by atoms with van der Waals surface area (Å²) in [6.45, 7) is 2.91. The molecule has 3 atom stereocenters. The number of amides is 1. The summed E-state index contributed by atoms with van der Waals surface area (Å²) < 4.78 is 10.9. The molecule has 112 valence electrons. The van der Waals surface area contributed by atoms with E-state index in [1.54, 1.807) is 7.11 Å². The lowest BCUT2D eigenvalue weighted by Crippen LogP contribution is -2.46. The summed E-state index contributed by atoms with van der Waals surface area (Å²) in [5.74, 6) is 0.617. The average molecular weight is 293 g/mol. The smallest absolute Gasteiger partial charge is 0.251 e. The van der Waals surface area contributed by atoms with Crippen LogP contribution in [0.2, 0.25) is 0 Å². The SMILES string of the molecule is COCC1CCCN(C(=O)[C@@H]2CC[C@H](CN)O2)C1.Cl. The first kappa shape index (κ1) is 16.7. The minimum atomic E-state index is -0.264. The number of methoxy groups -OCH3 is 1. The number of nitrogens with two attached hydrogens (primary N) is 1. The molecule has 2 aliphatic heterocycles. The van der Waals surface area contributed by atoms with Crippen molar-refractivity contribution in [3.05, 3.63) is 0 Å². The zero-order chi connectivity index (χ0) is 13.0. The van der Waals surface area contributed by atoms with Crippen LogP contribution in [0, 0.1) is 5.92 Å². The topological polar surface area (TPSA) is 64.8 Å². The molecule has 2 saturated heterocycles. The van der Waals surface area contributed by atoms with Gasteiger partial charge in [0.05, 0.1) is 12.7 Å². The van der Waals surface area contributed by atoms with E-state index < -0.39 is 0 Å². The number of hydrogen-bond donors (Lipinski definition) is 1. The van der Waals surface area contributed by atoms with Crippen LogP contribution < -0.4 is 5.73 Å². The van der Waals surface area contributed by atoms with Crippen LogP contribution in [0.15, 0.2) is 0 Å². The predicted molar refractivity (Wildman–Crippen MR) is 75.4 cm³/mol. The van der Waals surface area contributed by atoms with E-state index in [1.165, 1.54) is 0 Å². The second-order valence-corrected chi connectivity index (χ2v) is 5.31. The molecule has 0 aromatic heterocycles. The van der Waals surface area contributed by atoms with Crippen molar-refractivity contribution >= 4 is 18.3 Å². The molecule has 1 amide bonds. The summed E-state index contributed by atoms with van der Waals surface area (Å²) in [6.07, 6.45) is 3.73. The van der Waals surface area contributed by atoms with Crippen LogP contribution in [-0.2, 0) is 14.3 Å². The number of nitrogens with zero attached hydrogens (tertiary/aromatic N) is 1. The maximum absolute atomic E-state index is 12.3. The van der Waals surface area contributed by atoms with Gasteiger partial charge in [-0.05, 0) is 31.6 Å². The van der Waals surface area contributed by atoms with Crippen LogP contribution in [0.4, 0.5) is 0 Å². The Bertz CT molecular complexity index is 289. The maximum atomic E-state index is 12.3. The van der Waals surface area contributed by atoms with Crippen molar-refractivity contribution in [2.75, 3.05) is 33.4 Å². The van der Waals surface area contributed by atoms with Crippen LogP contribution >= 0.6 is 12.4 Å². The van der Waals surface area contributed by atoms with Gasteiger partial charge in [0.15, 0.2) is 0 Å². The van der Waals surface area contributed by atoms with Gasteiger partial charge < -0.3 is 20.1 Å². The van der Waals surface area contributed by atoms with E-state index in [4.69, 9.17) is 15.2 Å². The standard InChI is InChI=1S/C13H24N2O3.ClH/c1-17-9-10-3-2-6-15(8-10)13(16)12-5-4-11(7-14)18-12;/h10-12H,2-9,14H2,1H3;1H/t10?,11-,12+;/m1./s1. The number of carbonyl (C=O) groups excluding carboxylic acids is 1. The van der Waals surface area contributed by atoms with E-state index in [-0.39, 0.29) is 30.5 Å². The number of halogens is 1. The molecular weight excluding hydrogens is 268 g/mol. The largest absolute Gasteiger partial charge is 0.384 e. The minimum absolute atomic E-state index is 0. The molecule has 1 unspecified atom stereocenters. The molecule has 2 rings (SSSR count). The van der Waals surface area contributed by atoms with Crippen molar-refractivity contribution in [3.8, 4) is 0 Å². The molecule has 0 bridgehead atoms. The van der Waals surface area contributed by atoms with Gasteiger partial charge in [0, 0.05) is 26.7 Å². The van der Waals surface area contributed by atoms with E-state index in [0.717, 1.165) is 45.4 Å². The monoisotopic (exact) mass is 292 g/mol. The van der Waals surface area contributed by atoms with Crippen molar-refractivity contribution < 1.29 is 14.3 Å². The van der Waals surface area contributed by atoms with E-state index in [1.807, 2.05) is 4.90 Å².